The van der Waals surface area contributed by atoms with Crippen LogP contribution in [0.3, 0.4) is 0 Å². The van der Waals surface area contributed by atoms with Crippen LogP contribution in [0.15, 0.2) is 0 Å². The summed E-state index contributed by atoms with van der Waals surface area (Å²) in [7, 11) is 1.31. The van der Waals surface area contributed by atoms with Crippen LogP contribution < -0.4 is 5.32 Å². The first-order valence-corrected chi connectivity index (χ1v) is 6.22. The van der Waals surface area contributed by atoms with Gasteiger partial charge in [-0.2, -0.15) is 0 Å². The van der Waals surface area contributed by atoms with E-state index in [2.05, 4.69) is 10.1 Å². The third kappa shape index (κ3) is 5.39. The molecule has 1 unspecified atom stereocenters. The van der Waals surface area contributed by atoms with Gasteiger partial charge in [-0.1, -0.05) is 13.8 Å². The Kier molecular flexibility index (Phi) is 6.53. The summed E-state index contributed by atoms with van der Waals surface area (Å²) in [4.78, 5) is 23.4. The van der Waals surface area contributed by atoms with Crippen LogP contribution in [0.25, 0.3) is 0 Å². The second-order valence-corrected chi connectivity index (χ2v) is 5.46. The molecule has 0 aliphatic carbocycles. The maximum atomic E-state index is 11.9. The normalized spacial score (nSPS) is 13.4. The molecule has 1 amide bonds. The molecule has 0 fully saturated rings. The van der Waals surface area contributed by atoms with Gasteiger partial charge in [0.15, 0.2) is 0 Å². The molecular formula is C12H22ClNO3. The fourth-order valence-electron chi connectivity index (χ4n) is 1.24. The van der Waals surface area contributed by atoms with Crippen LogP contribution in [0.2, 0.25) is 0 Å². The average Bonchev–Trinajstić information content (AvgIpc) is 2.26. The number of alkyl halides is 1. The van der Waals surface area contributed by atoms with E-state index in [4.69, 9.17) is 11.6 Å². The van der Waals surface area contributed by atoms with Gasteiger partial charge in [-0.15, -0.1) is 11.6 Å². The van der Waals surface area contributed by atoms with Gasteiger partial charge >= 0.3 is 5.97 Å². The number of halogens is 1. The Hall–Kier alpha value is -0.770. The van der Waals surface area contributed by atoms with E-state index in [1.807, 2.05) is 13.8 Å². The number of rotatable bonds is 6. The molecule has 0 spiro atoms. The Labute approximate surface area is 108 Å². The van der Waals surface area contributed by atoms with Crippen molar-refractivity contribution in [2.24, 2.45) is 11.3 Å². The molecule has 0 radical (unpaired) electrons. The zero-order valence-electron chi connectivity index (χ0n) is 11.2. The van der Waals surface area contributed by atoms with Crippen LogP contribution in [0.1, 0.15) is 34.1 Å². The van der Waals surface area contributed by atoms with Crippen molar-refractivity contribution in [1.29, 1.82) is 0 Å². The Bertz CT molecular complexity index is 277. The van der Waals surface area contributed by atoms with Crippen molar-refractivity contribution in [3.05, 3.63) is 0 Å². The van der Waals surface area contributed by atoms with Gasteiger partial charge in [0.2, 0.25) is 5.91 Å². The molecule has 0 aromatic rings. The highest BCUT2D eigenvalue weighted by molar-refractivity contribution is 6.19. The number of esters is 1. The van der Waals surface area contributed by atoms with Crippen molar-refractivity contribution in [3.63, 3.8) is 0 Å². The van der Waals surface area contributed by atoms with Crippen molar-refractivity contribution >= 4 is 23.5 Å². The lowest BCUT2D eigenvalue weighted by atomic mass is 9.94. The average molecular weight is 264 g/mol. The van der Waals surface area contributed by atoms with E-state index in [-0.39, 0.29) is 11.8 Å². The van der Waals surface area contributed by atoms with Gasteiger partial charge < -0.3 is 10.1 Å². The first kappa shape index (κ1) is 16.2. The molecule has 0 aromatic carbocycles. The van der Waals surface area contributed by atoms with E-state index in [1.165, 1.54) is 7.11 Å². The molecule has 17 heavy (non-hydrogen) atoms. The predicted molar refractivity (Wildman–Crippen MR) is 67.9 cm³/mol. The number of carbonyl (C=O) groups is 2. The van der Waals surface area contributed by atoms with E-state index in [1.54, 1.807) is 13.8 Å². The monoisotopic (exact) mass is 263 g/mol. The summed E-state index contributed by atoms with van der Waals surface area (Å²) in [6, 6.07) is -0.602. The molecule has 5 heteroatoms. The maximum absolute atomic E-state index is 11.9. The third-order valence-corrected chi connectivity index (χ3v) is 3.12. The summed E-state index contributed by atoms with van der Waals surface area (Å²) < 4.78 is 4.67. The number of hydrogen-bond donors (Lipinski definition) is 1. The van der Waals surface area contributed by atoms with E-state index in [0.717, 1.165) is 0 Å². The van der Waals surface area contributed by atoms with Crippen molar-refractivity contribution in [2.75, 3.05) is 13.0 Å². The Morgan fingerprint density at radius 2 is 1.88 bits per heavy atom. The topological polar surface area (TPSA) is 55.4 Å². The van der Waals surface area contributed by atoms with E-state index in [0.29, 0.717) is 12.3 Å². The van der Waals surface area contributed by atoms with Gasteiger partial charge in [-0.25, -0.2) is 4.79 Å². The number of nitrogens with one attached hydrogen (secondary N) is 1. The Morgan fingerprint density at radius 3 is 2.24 bits per heavy atom. The zero-order chi connectivity index (χ0) is 13.6. The highest BCUT2D eigenvalue weighted by atomic mass is 35.5. The molecule has 0 bridgehead atoms. The first-order chi connectivity index (χ1) is 7.74. The molecule has 1 atom stereocenters. The minimum Gasteiger partial charge on any atom is -0.467 e. The van der Waals surface area contributed by atoms with Crippen LogP contribution in [-0.2, 0) is 14.3 Å². The quantitative estimate of drug-likeness (QED) is 0.589. The number of amides is 1. The largest absolute Gasteiger partial charge is 0.467 e. The Balaban J connectivity index is 4.64. The summed E-state index contributed by atoms with van der Waals surface area (Å²) in [5.41, 5.74) is -0.690. The van der Waals surface area contributed by atoms with Crippen molar-refractivity contribution < 1.29 is 14.3 Å². The summed E-state index contributed by atoms with van der Waals surface area (Å²) in [5.74, 6) is -0.159. The number of carbonyl (C=O) groups excluding carboxylic acids is 2. The number of ether oxygens (including phenoxy) is 1. The van der Waals surface area contributed by atoms with Crippen LogP contribution in [0, 0.1) is 11.3 Å². The molecular weight excluding hydrogens is 242 g/mol. The minimum atomic E-state index is -0.690. The molecule has 0 aliphatic rings. The maximum Gasteiger partial charge on any atom is 0.328 e. The lowest BCUT2D eigenvalue weighted by molar-refractivity contribution is -0.146. The van der Waals surface area contributed by atoms with Gasteiger partial charge in [0.1, 0.15) is 6.04 Å². The molecule has 0 heterocycles. The van der Waals surface area contributed by atoms with Crippen LogP contribution in [0.4, 0.5) is 0 Å². The van der Waals surface area contributed by atoms with Gasteiger partial charge in [0, 0.05) is 5.88 Å². The highest BCUT2D eigenvalue weighted by Crippen LogP contribution is 2.18. The molecule has 100 valence electrons. The molecule has 1 N–H and O–H groups in total. The van der Waals surface area contributed by atoms with Crippen molar-refractivity contribution in [2.45, 2.75) is 40.2 Å². The molecule has 0 aromatic heterocycles. The predicted octanol–water partition coefficient (Wildman–Crippen LogP) is 1.96. The van der Waals surface area contributed by atoms with E-state index < -0.39 is 17.4 Å². The van der Waals surface area contributed by atoms with Crippen molar-refractivity contribution in [3.8, 4) is 0 Å². The smallest absolute Gasteiger partial charge is 0.328 e. The molecule has 0 aliphatic heterocycles. The first-order valence-electron chi connectivity index (χ1n) is 5.69. The third-order valence-electron chi connectivity index (χ3n) is 2.45. The van der Waals surface area contributed by atoms with E-state index >= 15 is 0 Å². The van der Waals surface area contributed by atoms with Crippen LogP contribution in [-0.4, -0.2) is 30.9 Å². The summed E-state index contributed by atoms with van der Waals surface area (Å²) in [6.07, 6.45) is 0.552. The number of hydrogen-bond acceptors (Lipinski definition) is 3. The van der Waals surface area contributed by atoms with Crippen LogP contribution in [0.5, 0.6) is 0 Å². The molecule has 0 saturated heterocycles. The van der Waals surface area contributed by atoms with Crippen LogP contribution >= 0.6 is 11.6 Å². The summed E-state index contributed by atoms with van der Waals surface area (Å²) in [5, 5.41) is 2.69. The second-order valence-electron chi connectivity index (χ2n) is 5.20. The molecule has 0 saturated carbocycles. The van der Waals surface area contributed by atoms with Gasteiger partial charge in [-0.05, 0) is 26.2 Å². The fraction of sp³-hybridized carbons (Fsp3) is 0.833. The SMILES string of the molecule is COC(=O)C(CC(C)C)NC(=O)C(C)(C)CCl. The molecule has 0 rings (SSSR count). The summed E-state index contributed by atoms with van der Waals surface area (Å²) in [6.45, 7) is 7.43. The van der Waals surface area contributed by atoms with Gasteiger partial charge in [-0.3, -0.25) is 4.79 Å². The standard InChI is InChI=1S/C12H22ClNO3/c1-8(2)6-9(10(15)17-5)14-11(16)12(3,4)7-13/h8-9H,6-7H2,1-5H3,(H,14,16). The highest BCUT2D eigenvalue weighted by Gasteiger charge is 2.31. The lowest BCUT2D eigenvalue weighted by Crippen LogP contribution is -2.48. The number of methoxy groups -OCH3 is 1. The summed E-state index contributed by atoms with van der Waals surface area (Å²) >= 11 is 5.71. The van der Waals surface area contributed by atoms with Gasteiger partial charge in [0.25, 0.3) is 0 Å². The lowest BCUT2D eigenvalue weighted by Gasteiger charge is -2.25. The fourth-order valence-corrected chi connectivity index (χ4v) is 1.36. The van der Waals surface area contributed by atoms with Gasteiger partial charge in [0.05, 0.1) is 12.5 Å². The molecule has 4 nitrogen and oxygen atoms in total. The van der Waals surface area contributed by atoms with Crippen molar-refractivity contribution in [1.82, 2.24) is 5.32 Å². The minimum absolute atomic E-state index is 0.203. The Morgan fingerprint density at radius 1 is 1.35 bits per heavy atom. The zero-order valence-corrected chi connectivity index (χ0v) is 11.9. The second kappa shape index (κ2) is 6.84. The van der Waals surface area contributed by atoms with E-state index in [9.17, 15) is 9.59 Å².